The quantitative estimate of drug-likeness (QED) is 0.514. The van der Waals surface area contributed by atoms with E-state index in [0.29, 0.717) is 6.42 Å². The third kappa shape index (κ3) is 6.39. The van der Waals surface area contributed by atoms with Crippen molar-refractivity contribution in [2.45, 2.75) is 66.7 Å². The SMILES string of the molecule is CC(C)=CCCC(C)=CCCC(C)=CCc1c(C)[nH]c2ccccc2c1=O. The van der Waals surface area contributed by atoms with Crippen LogP contribution in [-0.4, -0.2) is 4.98 Å². The molecule has 27 heavy (non-hydrogen) atoms. The van der Waals surface area contributed by atoms with Gasteiger partial charge in [-0.25, -0.2) is 0 Å². The Labute approximate surface area is 163 Å². The number of hydrogen-bond acceptors (Lipinski definition) is 1. The summed E-state index contributed by atoms with van der Waals surface area (Å²) in [5, 5.41) is 0.777. The zero-order chi connectivity index (χ0) is 19.8. The zero-order valence-electron chi connectivity index (χ0n) is 17.5. The third-order valence-electron chi connectivity index (χ3n) is 5.00. The van der Waals surface area contributed by atoms with Crippen molar-refractivity contribution in [1.29, 1.82) is 0 Å². The molecule has 0 aliphatic heterocycles. The maximum atomic E-state index is 12.7. The topological polar surface area (TPSA) is 32.9 Å². The maximum Gasteiger partial charge on any atom is 0.193 e. The summed E-state index contributed by atoms with van der Waals surface area (Å²) in [6, 6.07) is 7.73. The summed E-state index contributed by atoms with van der Waals surface area (Å²) < 4.78 is 0. The van der Waals surface area contributed by atoms with Crippen molar-refractivity contribution in [2.75, 3.05) is 0 Å². The van der Waals surface area contributed by atoms with Gasteiger partial charge in [-0.15, -0.1) is 0 Å². The second-order valence-electron chi connectivity index (χ2n) is 7.77. The number of nitrogens with one attached hydrogen (secondary N) is 1. The highest BCUT2D eigenvalue weighted by Crippen LogP contribution is 2.14. The predicted molar refractivity (Wildman–Crippen MR) is 118 cm³/mol. The Hall–Kier alpha value is -2.35. The van der Waals surface area contributed by atoms with Gasteiger partial charge in [-0.3, -0.25) is 4.79 Å². The third-order valence-corrected chi connectivity index (χ3v) is 5.00. The molecule has 0 aliphatic rings. The van der Waals surface area contributed by atoms with Gasteiger partial charge in [0, 0.05) is 22.2 Å². The fraction of sp³-hybridized carbons (Fsp3) is 0.400. The molecule has 0 spiro atoms. The molecule has 0 fully saturated rings. The second-order valence-corrected chi connectivity index (χ2v) is 7.77. The fourth-order valence-corrected chi connectivity index (χ4v) is 3.26. The number of benzene rings is 1. The molecule has 0 saturated heterocycles. The highest BCUT2D eigenvalue weighted by atomic mass is 16.1. The number of fused-ring (bicyclic) bond motifs is 1. The zero-order valence-corrected chi connectivity index (χ0v) is 17.5. The van der Waals surface area contributed by atoms with E-state index in [1.807, 2.05) is 31.2 Å². The lowest BCUT2D eigenvalue weighted by atomic mass is 10.0. The summed E-state index contributed by atoms with van der Waals surface area (Å²) in [6.45, 7) is 10.7. The van der Waals surface area contributed by atoms with Gasteiger partial charge in [0.2, 0.25) is 0 Å². The van der Waals surface area contributed by atoms with Gasteiger partial charge in [0.05, 0.1) is 0 Å². The molecule has 0 unspecified atom stereocenters. The lowest BCUT2D eigenvalue weighted by Crippen LogP contribution is -2.12. The molecular weight excluding hydrogens is 330 g/mol. The number of para-hydroxylation sites is 1. The molecular formula is C25H33NO. The molecule has 2 heteroatoms. The number of hydrogen-bond donors (Lipinski definition) is 1. The normalized spacial score (nSPS) is 12.5. The molecule has 0 saturated carbocycles. The fourth-order valence-electron chi connectivity index (χ4n) is 3.26. The summed E-state index contributed by atoms with van der Waals surface area (Å²) >= 11 is 0. The van der Waals surface area contributed by atoms with Crippen LogP contribution in [0.25, 0.3) is 10.9 Å². The first kappa shape index (κ1) is 21.0. The van der Waals surface area contributed by atoms with Crippen LogP contribution >= 0.6 is 0 Å². The molecule has 144 valence electrons. The van der Waals surface area contributed by atoms with Crippen LogP contribution in [0, 0.1) is 6.92 Å². The minimum atomic E-state index is 0.154. The molecule has 0 atom stereocenters. The highest BCUT2D eigenvalue weighted by molar-refractivity contribution is 5.79. The second kappa shape index (κ2) is 10.1. The monoisotopic (exact) mass is 363 g/mol. The number of pyridine rings is 1. The number of rotatable bonds is 8. The first-order chi connectivity index (χ1) is 12.9. The van der Waals surface area contributed by atoms with Crippen LogP contribution in [0.15, 0.2) is 64.0 Å². The van der Waals surface area contributed by atoms with Crippen LogP contribution in [0.5, 0.6) is 0 Å². The minimum Gasteiger partial charge on any atom is -0.358 e. The van der Waals surface area contributed by atoms with E-state index in [1.165, 1.54) is 16.7 Å². The summed E-state index contributed by atoms with van der Waals surface area (Å²) in [5.41, 5.74) is 7.11. The molecule has 0 amide bonds. The van der Waals surface area contributed by atoms with Crippen molar-refractivity contribution in [3.63, 3.8) is 0 Å². The molecule has 1 aromatic carbocycles. The smallest absolute Gasteiger partial charge is 0.193 e. The molecule has 1 heterocycles. The van der Waals surface area contributed by atoms with E-state index in [-0.39, 0.29) is 5.43 Å². The van der Waals surface area contributed by atoms with Crippen LogP contribution in [0.4, 0.5) is 0 Å². The van der Waals surface area contributed by atoms with Crippen molar-refractivity contribution in [2.24, 2.45) is 0 Å². The predicted octanol–water partition coefficient (Wildman–Crippen LogP) is 6.80. The van der Waals surface area contributed by atoms with Crippen molar-refractivity contribution >= 4 is 10.9 Å². The Morgan fingerprint density at radius 3 is 2.26 bits per heavy atom. The van der Waals surface area contributed by atoms with Gasteiger partial charge in [-0.1, -0.05) is 47.1 Å². The number of H-pyrrole nitrogens is 1. The first-order valence-corrected chi connectivity index (χ1v) is 9.93. The summed E-state index contributed by atoms with van der Waals surface area (Å²) in [4.78, 5) is 16.1. The summed E-state index contributed by atoms with van der Waals surface area (Å²) in [6.07, 6.45) is 11.9. The Balaban J connectivity index is 1.97. The minimum absolute atomic E-state index is 0.154. The summed E-state index contributed by atoms with van der Waals surface area (Å²) in [5.74, 6) is 0. The molecule has 2 aromatic rings. The van der Waals surface area contributed by atoms with E-state index in [9.17, 15) is 4.79 Å². The number of aromatic nitrogens is 1. The van der Waals surface area contributed by atoms with Gasteiger partial charge in [0.15, 0.2) is 5.43 Å². The van der Waals surface area contributed by atoms with Gasteiger partial charge in [0.25, 0.3) is 0 Å². The van der Waals surface area contributed by atoms with Crippen molar-refractivity contribution in [1.82, 2.24) is 4.98 Å². The van der Waals surface area contributed by atoms with E-state index in [1.54, 1.807) is 0 Å². The van der Waals surface area contributed by atoms with Crippen LogP contribution in [0.2, 0.25) is 0 Å². The Bertz CT molecular complexity index is 921. The maximum absolute atomic E-state index is 12.7. The van der Waals surface area contributed by atoms with Gasteiger partial charge in [-0.05, 0) is 78.9 Å². The van der Waals surface area contributed by atoms with Crippen LogP contribution in [-0.2, 0) is 6.42 Å². The van der Waals surface area contributed by atoms with Gasteiger partial charge >= 0.3 is 0 Å². The van der Waals surface area contributed by atoms with Crippen LogP contribution in [0.1, 0.15) is 64.6 Å². The molecule has 0 bridgehead atoms. The molecule has 2 rings (SSSR count). The van der Waals surface area contributed by atoms with Gasteiger partial charge in [0.1, 0.15) is 0 Å². The molecule has 1 N–H and O–H groups in total. The van der Waals surface area contributed by atoms with Gasteiger partial charge in [-0.2, -0.15) is 0 Å². The standard InChI is InChI=1S/C25H33NO/c1-18(2)10-8-11-19(3)12-9-13-20(4)16-17-22-21(5)26-24-15-7-6-14-23(24)25(22)27/h6-7,10,12,14-16H,8-9,11,13,17H2,1-5H3,(H,26,27). The van der Waals surface area contributed by atoms with Crippen molar-refractivity contribution in [3.8, 4) is 0 Å². The van der Waals surface area contributed by atoms with E-state index in [2.05, 4.69) is 50.9 Å². The molecule has 0 aliphatic carbocycles. The lowest BCUT2D eigenvalue weighted by Gasteiger charge is -2.07. The Morgan fingerprint density at radius 1 is 0.926 bits per heavy atom. The van der Waals surface area contributed by atoms with Crippen molar-refractivity contribution in [3.05, 3.63) is 80.7 Å². The first-order valence-electron chi connectivity index (χ1n) is 9.93. The Morgan fingerprint density at radius 2 is 1.56 bits per heavy atom. The lowest BCUT2D eigenvalue weighted by molar-refractivity contribution is 0.913. The van der Waals surface area contributed by atoms with E-state index < -0.39 is 0 Å². The average molecular weight is 364 g/mol. The average Bonchev–Trinajstić information content (AvgIpc) is 2.61. The number of allylic oxidation sites excluding steroid dienone is 6. The van der Waals surface area contributed by atoms with E-state index in [4.69, 9.17) is 0 Å². The van der Waals surface area contributed by atoms with Crippen LogP contribution < -0.4 is 5.43 Å². The van der Waals surface area contributed by atoms with Crippen molar-refractivity contribution < 1.29 is 0 Å². The Kier molecular flexibility index (Phi) is 7.84. The van der Waals surface area contributed by atoms with Crippen LogP contribution in [0.3, 0.4) is 0 Å². The molecule has 2 nitrogen and oxygen atoms in total. The number of aryl methyl sites for hydroxylation is 1. The number of aromatic amines is 1. The van der Waals surface area contributed by atoms with Gasteiger partial charge < -0.3 is 4.98 Å². The molecule has 1 aromatic heterocycles. The largest absolute Gasteiger partial charge is 0.358 e. The van der Waals surface area contributed by atoms with E-state index >= 15 is 0 Å². The summed E-state index contributed by atoms with van der Waals surface area (Å²) in [7, 11) is 0. The molecule has 0 radical (unpaired) electrons. The van der Waals surface area contributed by atoms with E-state index in [0.717, 1.165) is 47.8 Å². The highest BCUT2D eigenvalue weighted by Gasteiger charge is 2.07.